The lowest BCUT2D eigenvalue weighted by molar-refractivity contribution is -0.138. The Labute approximate surface area is 179 Å². The van der Waals surface area contributed by atoms with E-state index in [1.54, 1.807) is 22.7 Å². The van der Waals surface area contributed by atoms with Crippen LogP contribution in [0.1, 0.15) is 60.1 Å². The molecule has 0 amide bonds. The van der Waals surface area contributed by atoms with Crippen LogP contribution >= 0.6 is 22.7 Å². The SMILES string of the molecule is CCOC(=O)C1=C(C)NC2=C(C(=O)CC(c3cccs3)C2)C1c1ccc(CC)s1. The molecule has 1 N–H and O–H groups in total. The Morgan fingerprint density at radius 2 is 2.03 bits per heavy atom. The van der Waals surface area contributed by atoms with Crippen molar-refractivity contribution in [1.29, 1.82) is 0 Å². The van der Waals surface area contributed by atoms with Crippen molar-refractivity contribution >= 4 is 34.4 Å². The third-order valence-corrected chi connectivity index (χ3v) is 7.91. The smallest absolute Gasteiger partial charge is 0.336 e. The molecular weight excluding hydrogens is 402 g/mol. The molecule has 0 aromatic carbocycles. The second kappa shape index (κ2) is 8.28. The summed E-state index contributed by atoms with van der Waals surface area (Å²) in [4.78, 5) is 29.8. The molecule has 4 rings (SSSR count). The largest absolute Gasteiger partial charge is 0.463 e. The summed E-state index contributed by atoms with van der Waals surface area (Å²) in [5.74, 6) is -0.357. The summed E-state index contributed by atoms with van der Waals surface area (Å²) in [6.45, 7) is 6.15. The minimum absolute atomic E-state index is 0.128. The first kappa shape index (κ1) is 20.1. The minimum atomic E-state index is -0.340. The fraction of sp³-hybridized carbons (Fsp3) is 0.391. The van der Waals surface area contributed by atoms with Crippen LogP contribution in [-0.2, 0) is 20.7 Å². The van der Waals surface area contributed by atoms with Gasteiger partial charge in [-0.3, -0.25) is 4.79 Å². The van der Waals surface area contributed by atoms with Crippen molar-refractivity contribution in [3.63, 3.8) is 0 Å². The lowest BCUT2D eigenvalue weighted by atomic mass is 9.74. The highest BCUT2D eigenvalue weighted by Gasteiger charge is 2.42. The highest BCUT2D eigenvalue weighted by atomic mass is 32.1. The molecule has 0 saturated carbocycles. The molecule has 2 aromatic heterocycles. The molecule has 152 valence electrons. The van der Waals surface area contributed by atoms with Crippen LogP contribution in [-0.4, -0.2) is 18.4 Å². The number of esters is 1. The van der Waals surface area contributed by atoms with Gasteiger partial charge in [-0.1, -0.05) is 13.0 Å². The summed E-state index contributed by atoms with van der Waals surface area (Å²) in [6.07, 6.45) is 2.21. The second-order valence-corrected chi connectivity index (χ2v) is 9.59. The molecule has 1 aliphatic heterocycles. The number of aryl methyl sites for hydroxylation is 1. The summed E-state index contributed by atoms with van der Waals surface area (Å²) < 4.78 is 5.37. The molecule has 0 radical (unpaired) electrons. The molecule has 29 heavy (non-hydrogen) atoms. The molecule has 0 saturated heterocycles. The van der Waals surface area contributed by atoms with Gasteiger partial charge in [-0.2, -0.15) is 0 Å². The predicted octanol–water partition coefficient (Wildman–Crippen LogP) is 5.30. The van der Waals surface area contributed by atoms with Crippen LogP contribution in [0.5, 0.6) is 0 Å². The van der Waals surface area contributed by atoms with Crippen molar-refractivity contribution in [2.24, 2.45) is 0 Å². The molecule has 2 aromatic rings. The summed E-state index contributed by atoms with van der Waals surface area (Å²) in [5.41, 5.74) is 3.06. The zero-order valence-electron chi connectivity index (χ0n) is 16.9. The van der Waals surface area contributed by atoms with Gasteiger partial charge in [0.2, 0.25) is 0 Å². The predicted molar refractivity (Wildman–Crippen MR) is 117 cm³/mol. The maximum Gasteiger partial charge on any atom is 0.336 e. The van der Waals surface area contributed by atoms with E-state index >= 15 is 0 Å². The van der Waals surface area contributed by atoms with Crippen LogP contribution in [0.3, 0.4) is 0 Å². The van der Waals surface area contributed by atoms with Crippen molar-refractivity contribution in [3.8, 4) is 0 Å². The molecule has 0 fully saturated rings. The van der Waals surface area contributed by atoms with Gasteiger partial charge in [-0.15, -0.1) is 22.7 Å². The van der Waals surface area contributed by atoms with Crippen molar-refractivity contribution in [2.45, 2.75) is 51.9 Å². The van der Waals surface area contributed by atoms with E-state index in [1.165, 1.54) is 9.75 Å². The van der Waals surface area contributed by atoms with E-state index in [4.69, 9.17) is 4.74 Å². The Morgan fingerprint density at radius 3 is 2.69 bits per heavy atom. The van der Waals surface area contributed by atoms with Gasteiger partial charge in [0.25, 0.3) is 0 Å². The van der Waals surface area contributed by atoms with Crippen LogP contribution in [0.2, 0.25) is 0 Å². The number of rotatable bonds is 5. The van der Waals surface area contributed by atoms with E-state index in [9.17, 15) is 9.59 Å². The number of ether oxygens (including phenoxy) is 1. The monoisotopic (exact) mass is 427 g/mol. The topological polar surface area (TPSA) is 55.4 Å². The maximum atomic E-state index is 13.4. The molecule has 1 aliphatic carbocycles. The lowest BCUT2D eigenvalue weighted by Gasteiger charge is -2.35. The lowest BCUT2D eigenvalue weighted by Crippen LogP contribution is -2.35. The van der Waals surface area contributed by atoms with E-state index < -0.39 is 0 Å². The van der Waals surface area contributed by atoms with Crippen LogP contribution in [0.4, 0.5) is 0 Å². The van der Waals surface area contributed by atoms with E-state index in [2.05, 4.69) is 35.8 Å². The van der Waals surface area contributed by atoms with Gasteiger partial charge < -0.3 is 10.1 Å². The van der Waals surface area contributed by atoms with Crippen LogP contribution in [0, 0.1) is 0 Å². The number of dihydropyridines is 1. The molecule has 3 heterocycles. The van der Waals surface area contributed by atoms with Crippen molar-refractivity contribution < 1.29 is 14.3 Å². The van der Waals surface area contributed by atoms with Gasteiger partial charge in [0, 0.05) is 43.9 Å². The standard InChI is InChI=1S/C23H25NO3S2/c1-4-15-8-9-19(29-15)22-20(23(26)27-5-2)13(3)24-16-11-14(12-17(25)21(16)22)18-7-6-10-28-18/h6-10,14,22,24H,4-5,11-12H2,1-3H3. The minimum Gasteiger partial charge on any atom is -0.463 e. The second-order valence-electron chi connectivity index (χ2n) is 7.41. The number of carbonyl (C=O) groups excluding carboxylic acids is 2. The number of carbonyl (C=O) groups is 2. The summed E-state index contributed by atoms with van der Waals surface area (Å²) in [6, 6.07) is 8.30. The average Bonchev–Trinajstić information content (AvgIpc) is 3.38. The Morgan fingerprint density at radius 1 is 1.21 bits per heavy atom. The number of thiophene rings is 2. The first-order chi connectivity index (χ1) is 14.0. The summed E-state index contributed by atoms with van der Waals surface area (Å²) >= 11 is 3.38. The highest BCUT2D eigenvalue weighted by molar-refractivity contribution is 7.12. The first-order valence-electron chi connectivity index (χ1n) is 10.1. The van der Waals surface area contributed by atoms with Gasteiger partial charge in [-0.25, -0.2) is 4.79 Å². The van der Waals surface area contributed by atoms with E-state index in [-0.39, 0.29) is 23.6 Å². The Balaban J connectivity index is 1.79. The molecule has 2 unspecified atom stereocenters. The fourth-order valence-corrected chi connectivity index (χ4v) is 6.17. The molecule has 6 heteroatoms. The van der Waals surface area contributed by atoms with Crippen molar-refractivity contribution in [1.82, 2.24) is 5.32 Å². The zero-order valence-corrected chi connectivity index (χ0v) is 18.5. The van der Waals surface area contributed by atoms with E-state index in [0.717, 1.165) is 34.7 Å². The van der Waals surface area contributed by atoms with Crippen LogP contribution < -0.4 is 5.32 Å². The normalized spacial score (nSPS) is 21.8. The van der Waals surface area contributed by atoms with Gasteiger partial charge in [0.15, 0.2) is 5.78 Å². The zero-order chi connectivity index (χ0) is 20.5. The first-order valence-corrected chi connectivity index (χ1v) is 11.8. The average molecular weight is 428 g/mol. The molecule has 2 aliphatic rings. The number of nitrogens with one attached hydrogen (secondary N) is 1. The number of hydrogen-bond donors (Lipinski definition) is 1. The highest BCUT2D eigenvalue weighted by Crippen LogP contribution is 2.47. The summed E-state index contributed by atoms with van der Waals surface area (Å²) in [7, 11) is 0. The maximum absolute atomic E-state index is 13.4. The molecular formula is C23H25NO3S2. The molecule has 0 bridgehead atoms. The Hall–Kier alpha value is -2.18. The number of allylic oxidation sites excluding steroid dienone is 3. The van der Waals surface area contributed by atoms with Gasteiger partial charge >= 0.3 is 5.97 Å². The quantitative estimate of drug-likeness (QED) is 0.658. The molecule has 4 nitrogen and oxygen atoms in total. The Kier molecular flexibility index (Phi) is 5.74. The number of Topliss-reactive ketones (excluding diaryl/α,β-unsaturated/α-hetero) is 1. The molecule has 0 spiro atoms. The van der Waals surface area contributed by atoms with Gasteiger partial charge in [0.1, 0.15) is 0 Å². The van der Waals surface area contributed by atoms with Crippen LogP contribution in [0.15, 0.2) is 52.2 Å². The summed E-state index contributed by atoms with van der Waals surface area (Å²) in [5, 5.41) is 5.46. The van der Waals surface area contributed by atoms with E-state index in [1.807, 2.05) is 19.9 Å². The van der Waals surface area contributed by atoms with Gasteiger partial charge in [0.05, 0.1) is 18.1 Å². The third kappa shape index (κ3) is 3.71. The number of ketones is 1. The van der Waals surface area contributed by atoms with Crippen molar-refractivity contribution in [3.05, 3.63) is 66.8 Å². The Bertz CT molecular complexity index is 997. The number of hydrogen-bond acceptors (Lipinski definition) is 6. The third-order valence-electron chi connectivity index (χ3n) is 5.58. The van der Waals surface area contributed by atoms with Crippen molar-refractivity contribution in [2.75, 3.05) is 6.61 Å². The fourth-order valence-electron chi connectivity index (χ4n) is 4.27. The molecule has 2 atom stereocenters. The van der Waals surface area contributed by atoms with Crippen LogP contribution in [0.25, 0.3) is 0 Å². The van der Waals surface area contributed by atoms with E-state index in [0.29, 0.717) is 18.6 Å². The van der Waals surface area contributed by atoms with Gasteiger partial charge in [-0.05, 0) is 50.3 Å².